The molecule has 4 nitrogen and oxygen atoms in total. The molecule has 2 amide bonds. The maximum Gasteiger partial charge on any atom is 0.422 e. The number of nitrogens with zero attached hydrogens (tertiary/aromatic N) is 1. The van der Waals surface area contributed by atoms with Gasteiger partial charge in [0.25, 0.3) is 5.91 Å². The second-order valence-corrected chi connectivity index (χ2v) is 7.36. The summed E-state index contributed by atoms with van der Waals surface area (Å²) in [5, 5.41) is 0.461. The summed E-state index contributed by atoms with van der Waals surface area (Å²) in [4.78, 5) is 25.6. The molecule has 0 saturated heterocycles. The number of carbonyl (C=O) groups excluding carboxylic acids is 2. The lowest BCUT2D eigenvalue weighted by Crippen LogP contribution is -2.38. The third kappa shape index (κ3) is 5.16. The summed E-state index contributed by atoms with van der Waals surface area (Å²) in [6, 6.07) is 9.33. The molecule has 1 aliphatic heterocycles. The van der Waals surface area contributed by atoms with Crippen LogP contribution in [-0.2, 0) is 9.53 Å². The Hall–Kier alpha value is -2.73. The molecule has 0 N–H and O–H groups in total. The Bertz CT molecular complexity index is 897. The quantitative estimate of drug-likeness (QED) is 0.504. The minimum atomic E-state index is -0.692. The van der Waals surface area contributed by atoms with Crippen molar-refractivity contribution >= 4 is 34.9 Å². The summed E-state index contributed by atoms with van der Waals surface area (Å²) in [6.45, 7) is 7.01. The number of benzene rings is 2. The van der Waals surface area contributed by atoms with Crippen LogP contribution in [0.15, 0.2) is 48.5 Å². The molecule has 2 aromatic rings. The second-order valence-electron chi connectivity index (χ2n) is 6.92. The number of carbonyl (C=O) groups is 2. The van der Waals surface area contributed by atoms with E-state index in [1.54, 1.807) is 52.0 Å². The standard InChI is InChI=1S/C15H16ClNO3.C6H4F2/c1-5-10-11-7-6-9(16)8-12(11)17(13(10)18)14(19)20-15(2,3)4;7-5-1-2-6(8)4-3-5/h5-8H,1-4H3;1-4H/b10-5+;. The van der Waals surface area contributed by atoms with Crippen LogP contribution in [0.2, 0.25) is 5.02 Å². The van der Waals surface area contributed by atoms with Crippen LogP contribution < -0.4 is 4.90 Å². The average Bonchev–Trinajstić information content (AvgIpc) is 2.87. The fraction of sp³-hybridized carbons (Fsp3) is 0.238. The molecule has 0 aliphatic carbocycles. The van der Waals surface area contributed by atoms with E-state index < -0.39 is 23.3 Å². The van der Waals surface area contributed by atoms with Crippen molar-refractivity contribution in [2.24, 2.45) is 0 Å². The lowest BCUT2D eigenvalue weighted by molar-refractivity contribution is -0.112. The predicted molar refractivity (Wildman–Crippen MR) is 105 cm³/mol. The molecule has 3 rings (SSSR count). The molecule has 0 aromatic heterocycles. The van der Waals surface area contributed by atoms with Gasteiger partial charge in [0.2, 0.25) is 0 Å². The summed E-state index contributed by atoms with van der Waals surface area (Å²) >= 11 is 5.96. The predicted octanol–water partition coefficient (Wildman–Crippen LogP) is 5.99. The Morgan fingerprint density at radius 1 is 1.07 bits per heavy atom. The van der Waals surface area contributed by atoms with Crippen LogP contribution in [0.25, 0.3) is 5.57 Å². The zero-order valence-corrected chi connectivity index (χ0v) is 16.7. The summed E-state index contributed by atoms with van der Waals surface area (Å²) in [5.41, 5.74) is 0.953. The van der Waals surface area contributed by atoms with E-state index in [0.29, 0.717) is 21.8 Å². The first-order valence-corrected chi connectivity index (χ1v) is 8.86. The highest BCUT2D eigenvalue weighted by Gasteiger charge is 2.38. The minimum Gasteiger partial charge on any atom is -0.443 e. The van der Waals surface area contributed by atoms with E-state index in [4.69, 9.17) is 16.3 Å². The zero-order chi connectivity index (χ0) is 21.1. The molecule has 1 heterocycles. The molecule has 0 bridgehead atoms. The van der Waals surface area contributed by atoms with Gasteiger partial charge in [-0.1, -0.05) is 23.7 Å². The van der Waals surface area contributed by atoms with Gasteiger partial charge in [0.05, 0.1) is 5.69 Å². The number of imide groups is 1. The van der Waals surface area contributed by atoms with Gasteiger partial charge in [0.1, 0.15) is 17.2 Å². The van der Waals surface area contributed by atoms with Gasteiger partial charge < -0.3 is 4.74 Å². The molecular formula is C21H20ClF2NO3. The Balaban J connectivity index is 0.000000292. The van der Waals surface area contributed by atoms with Crippen molar-refractivity contribution in [2.75, 3.05) is 4.90 Å². The Kier molecular flexibility index (Phi) is 6.56. The Morgan fingerprint density at radius 3 is 2.07 bits per heavy atom. The zero-order valence-electron chi connectivity index (χ0n) is 15.9. The molecular weight excluding hydrogens is 388 g/mol. The number of ether oxygens (including phenoxy) is 1. The van der Waals surface area contributed by atoms with Crippen LogP contribution in [0.5, 0.6) is 0 Å². The number of anilines is 1. The van der Waals surface area contributed by atoms with Crippen LogP contribution in [0.1, 0.15) is 33.3 Å². The van der Waals surface area contributed by atoms with Crippen LogP contribution in [-0.4, -0.2) is 17.6 Å². The van der Waals surface area contributed by atoms with Gasteiger partial charge in [-0.15, -0.1) is 0 Å². The second kappa shape index (κ2) is 8.52. The van der Waals surface area contributed by atoms with Crippen LogP contribution in [0.3, 0.4) is 0 Å². The first-order chi connectivity index (χ1) is 13.0. The smallest absolute Gasteiger partial charge is 0.422 e. The van der Waals surface area contributed by atoms with Crippen molar-refractivity contribution in [1.29, 1.82) is 0 Å². The largest absolute Gasteiger partial charge is 0.443 e. The number of allylic oxidation sites excluding steroid dienone is 1. The third-order valence-electron chi connectivity index (χ3n) is 3.59. The summed E-state index contributed by atoms with van der Waals surface area (Å²) in [5.74, 6) is -1.21. The number of hydrogen-bond acceptors (Lipinski definition) is 3. The van der Waals surface area contributed by atoms with Gasteiger partial charge in [-0.2, -0.15) is 0 Å². The van der Waals surface area contributed by atoms with Gasteiger partial charge in [0.15, 0.2) is 0 Å². The topological polar surface area (TPSA) is 46.6 Å². The van der Waals surface area contributed by atoms with Gasteiger partial charge in [0, 0.05) is 16.2 Å². The van der Waals surface area contributed by atoms with E-state index in [2.05, 4.69) is 0 Å². The van der Waals surface area contributed by atoms with E-state index in [9.17, 15) is 18.4 Å². The van der Waals surface area contributed by atoms with Crippen molar-refractivity contribution in [1.82, 2.24) is 0 Å². The van der Waals surface area contributed by atoms with Gasteiger partial charge in [-0.05, 0) is 64.1 Å². The Morgan fingerprint density at radius 2 is 1.61 bits per heavy atom. The highest BCUT2D eigenvalue weighted by Crippen LogP contribution is 2.39. The minimum absolute atomic E-state index is 0.390. The van der Waals surface area contributed by atoms with Crippen LogP contribution in [0.4, 0.5) is 19.3 Å². The monoisotopic (exact) mass is 407 g/mol. The number of fused-ring (bicyclic) bond motifs is 1. The van der Waals surface area contributed by atoms with Crippen molar-refractivity contribution in [2.45, 2.75) is 33.3 Å². The van der Waals surface area contributed by atoms with E-state index in [1.165, 1.54) is 0 Å². The van der Waals surface area contributed by atoms with Gasteiger partial charge in [-0.3, -0.25) is 4.79 Å². The number of rotatable bonds is 0. The first kappa shape index (κ1) is 21.6. The number of halogens is 3. The molecule has 0 saturated carbocycles. The highest BCUT2D eigenvalue weighted by atomic mass is 35.5. The molecule has 0 fully saturated rings. The summed E-state index contributed by atoms with van der Waals surface area (Å²) < 4.78 is 29.1. The molecule has 2 aromatic carbocycles. The number of hydrogen-bond donors (Lipinski definition) is 0. The fourth-order valence-electron chi connectivity index (χ4n) is 2.46. The average molecular weight is 408 g/mol. The van der Waals surface area contributed by atoms with Crippen molar-refractivity contribution < 1.29 is 23.1 Å². The molecule has 1 aliphatic rings. The molecule has 0 spiro atoms. The third-order valence-corrected chi connectivity index (χ3v) is 3.83. The van der Waals surface area contributed by atoms with E-state index in [1.807, 2.05) is 0 Å². The molecule has 0 radical (unpaired) electrons. The lowest BCUT2D eigenvalue weighted by Gasteiger charge is -2.23. The van der Waals surface area contributed by atoms with E-state index in [-0.39, 0.29) is 5.91 Å². The highest BCUT2D eigenvalue weighted by molar-refractivity contribution is 6.40. The van der Waals surface area contributed by atoms with Gasteiger partial charge >= 0.3 is 6.09 Å². The summed E-state index contributed by atoms with van der Waals surface area (Å²) in [7, 11) is 0. The number of amides is 2. The first-order valence-electron chi connectivity index (χ1n) is 8.48. The van der Waals surface area contributed by atoms with Crippen molar-refractivity contribution in [3.8, 4) is 0 Å². The van der Waals surface area contributed by atoms with Crippen molar-refractivity contribution in [3.05, 3.63) is 70.8 Å². The maximum atomic E-state index is 12.3. The molecule has 148 valence electrons. The summed E-state index contributed by atoms with van der Waals surface area (Å²) in [6.07, 6.45) is 0.988. The normalized spacial score (nSPS) is 14.5. The van der Waals surface area contributed by atoms with Gasteiger partial charge in [-0.25, -0.2) is 18.5 Å². The van der Waals surface area contributed by atoms with Crippen LogP contribution >= 0.6 is 11.6 Å². The Labute approximate surface area is 167 Å². The molecule has 28 heavy (non-hydrogen) atoms. The van der Waals surface area contributed by atoms with Crippen molar-refractivity contribution in [3.63, 3.8) is 0 Å². The van der Waals surface area contributed by atoms with E-state index in [0.717, 1.165) is 29.2 Å². The van der Waals surface area contributed by atoms with E-state index >= 15 is 0 Å². The molecule has 0 unspecified atom stereocenters. The SMILES string of the molecule is C/C=C1/C(=O)N(C(=O)OC(C)(C)C)c2cc(Cl)ccc21.Fc1ccc(F)cc1. The lowest BCUT2D eigenvalue weighted by atomic mass is 10.1. The fourth-order valence-corrected chi connectivity index (χ4v) is 2.63. The molecule has 7 heteroatoms. The molecule has 0 atom stereocenters. The van der Waals surface area contributed by atoms with Crippen LogP contribution in [0, 0.1) is 11.6 Å². The maximum absolute atomic E-state index is 12.3.